The molecule has 0 atom stereocenters. The van der Waals surface area contributed by atoms with Gasteiger partial charge in [0.25, 0.3) is 5.82 Å². The number of imidazole rings is 1. The predicted octanol–water partition coefficient (Wildman–Crippen LogP) is 10.3. The summed E-state index contributed by atoms with van der Waals surface area (Å²) >= 11 is 0. The number of unbranched alkanes of at least 4 members (excludes halogenated alkanes) is 18. The maximum absolute atomic E-state index is 2.51. The van der Waals surface area contributed by atoms with Gasteiger partial charge in [0, 0.05) is 0 Å². The molecule has 2 rings (SSSR count). The van der Waals surface area contributed by atoms with Gasteiger partial charge in [-0.1, -0.05) is 135 Å². The fourth-order valence-electron chi connectivity index (χ4n) is 5.29. The van der Waals surface area contributed by atoms with Gasteiger partial charge in [0.2, 0.25) is 0 Å². The molecule has 1 aromatic carbocycles. The van der Waals surface area contributed by atoms with Crippen LogP contribution in [-0.2, 0) is 13.1 Å². The minimum atomic E-state index is 1.14. The van der Waals surface area contributed by atoms with Crippen LogP contribution in [0.15, 0.2) is 42.7 Å². The Hall–Kier alpha value is -1.57. The largest absolute Gasteiger partial charge is 0.288 e. The van der Waals surface area contributed by atoms with Gasteiger partial charge in [-0.25, -0.2) is 9.13 Å². The predicted molar refractivity (Wildman–Crippen MR) is 154 cm³/mol. The van der Waals surface area contributed by atoms with Crippen LogP contribution in [0.1, 0.15) is 142 Å². The summed E-state index contributed by atoms with van der Waals surface area (Å²) in [5.74, 6) is 1.40. The molecule has 0 fully saturated rings. The highest BCUT2D eigenvalue weighted by Gasteiger charge is 2.18. The van der Waals surface area contributed by atoms with Crippen LogP contribution in [0.4, 0.5) is 0 Å². The smallest absolute Gasteiger partial charge is 0.230 e. The second-order valence-electron chi connectivity index (χ2n) is 10.7. The van der Waals surface area contributed by atoms with Crippen molar-refractivity contribution >= 4 is 0 Å². The van der Waals surface area contributed by atoms with Crippen LogP contribution in [0, 0.1) is 0 Å². The number of rotatable bonds is 23. The molecule has 0 saturated carbocycles. The number of aromatic nitrogens is 2. The third-order valence-corrected chi connectivity index (χ3v) is 7.51. The number of nitrogens with zero attached hydrogens (tertiary/aromatic N) is 2. The van der Waals surface area contributed by atoms with Gasteiger partial charge in [0.1, 0.15) is 12.4 Å². The van der Waals surface area contributed by atoms with Crippen molar-refractivity contribution in [2.75, 3.05) is 0 Å². The first-order valence-electron chi connectivity index (χ1n) is 15.5. The van der Waals surface area contributed by atoms with E-state index < -0.39 is 0 Å². The minimum absolute atomic E-state index is 1.14. The maximum Gasteiger partial charge on any atom is 0.288 e. The fourth-order valence-corrected chi connectivity index (χ4v) is 5.29. The Morgan fingerprint density at radius 1 is 0.543 bits per heavy atom. The third kappa shape index (κ3) is 13.3. The molecule has 0 spiro atoms. The van der Waals surface area contributed by atoms with Crippen molar-refractivity contribution < 1.29 is 4.57 Å². The molecule has 0 aliphatic heterocycles. The van der Waals surface area contributed by atoms with E-state index in [9.17, 15) is 0 Å². The topological polar surface area (TPSA) is 8.81 Å². The third-order valence-electron chi connectivity index (χ3n) is 7.51. The molecule has 2 aromatic rings. The summed E-state index contributed by atoms with van der Waals surface area (Å²) in [5, 5.41) is 0. The van der Waals surface area contributed by atoms with E-state index in [1.54, 1.807) is 0 Å². The lowest BCUT2D eigenvalue weighted by Crippen LogP contribution is -2.34. The quantitative estimate of drug-likeness (QED) is 0.110. The molecule has 1 heterocycles. The van der Waals surface area contributed by atoms with Gasteiger partial charge in [-0.3, -0.25) is 0 Å². The average Bonchev–Trinajstić information content (AvgIpc) is 3.29. The Morgan fingerprint density at radius 3 is 1.51 bits per heavy atom. The summed E-state index contributed by atoms with van der Waals surface area (Å²) in [6.45, 7) is 6.89. The van der Waals surface area contributed by atoms with E-state index in [1.807, 2.05) is 0 Å². The van der Waals surface area contributed by atoms with Crippen molar-refractivity contribution in [3.05, 3.63) is 42.7 Å². The number of aryl methyl sites for hydroxylation is 2. The number of hydrogen-bond acceptors (Lipinski definition) is 0. The van der Waals surface area contributed by atoms with E-state index in [0.29, 0.717) is 0 Å². The van der Waals surface area contributed by atoms with Crippen molar-refractivity contribution in [2.24, 2.45) is 0 Å². The van der Waals surface area contributed by atoms with Gasteiger partial charge < -0.3 is 0 Å². The molecule has 0 radical (unpaired) electrons. The van der Waals surface area contributed by atoms with Crippen LogP contribution in [0.5, 0.6) is 0 Å². The van der Waals surface area contributed by atoms with E-state index in [-0.39, 0.29) is 0 Å². The van der Waals surface area contributed by atoms with Crippen LogP contribution in [0.25, 0.3) is 11.4 Å². The normalized spacial score (nSPS) is 11.4. The Kier molecular flexibility index (Phi) is 17.5. The van der Waals surface area contributed by atoms with Crippen molar-refractivity contribution in [2.45, 2.75) is 155 Å². The monoisotopic (exact) mass is 481 g/mol. The van der Waals surface area contributed by atoms with Crippen molar-refractivity contribution in [3.8, 4) is 11.4 Å². The lowest BCUT2D eigenvalue weighted by molar-refractivity contribution is -0.686. The summed E-state index contributed by atoms with van der Waals surface area (Å²) in [6.07, 6.45) is 32.6. The highest BCUT2D eigenvalue weighted by Crippen LogP contribution is 2.18. The molecular formula is C33H57N2+. The van der Waals surface area contributed by atoms with Crippen LogP contribution in [0.3, 0.4) is 0 Å². The fraction of sp³-hybridized carbons (Fsp3) is 0.727. The zero-order chi connectivity index (χ0) is 24.8. The van der Waals surface area contributed by atoms with E-state index in [1.165, 1.54) is 140 Å². The Labute approximate surface area is 218 Å². The molecule has 0 bridgehead atoms. The molecule has 0 amide bonds. The molecule has 1 aromatic heterocycles. The van der Waals surface area contributed by atoms with E-state index in [4.69, 9.17) is 0 Å². The Balaban J connectivity index is 1.69. The number of benzene rings is 1. The first-order valence-corrected chi connectivity index (χ1v) is 15.5. The van der Waals surface area contributed by atoms with Crippen LogP contribution < -0.4 is 4.57 Å². The van der Waals surface area contributed by atoms with Gasteiger partial charge in [0.15, 0.2) is 0 Å². The van der Waals surface area contributed by atoms with Gasteiger partial charge in [0.05, 0.1) is 18.7 Å². The Morgan fingerprint density at radius 2 is 1.00 bits per heavy atom. The molecule has 0 N–H and O–H groups in total. The van der Waals surface area contributed by atoms with E-state index in [0.717, 1.165) is 13.1 Å². The lowest BCUT2D eigenvalue weighted by Gasteiger charge is -2.07. The van der Waals surface area contributed by atoms with Gasteiger partial charge in [-0.15, -0.1) is 0 Å². The highest BCUT2D eigenvalue weighted by molar-refractivity contribution is 5.52. The first kappa shape index (κ1) is 29.7. The van der Waals surface area contributed by atoms with Crippen molar-refractivity contribution in [1.29, 1.82) is 0 Å². The standard InChI is InChI=1S/C33H57N2/c1-3-5-7-9-11-13-15-17-19-24-28-34-30-31-35(33(34)32-26-22-21-23-27-32)29-25-20-18-16-14-12-10-8-6-4-2/h21-23,26-27,30-31H,3-20,24-25,28-29H2,1-2H3/q+1. The first-order chi connectivity index (χ1) is 17.4. The second-order valence-corrected chi connectivity index (χ2v) is 10.7. The lowest BCUT2D eigenvalue weighted by atomic mass is 10.1. The summed E-state index contributed by atoms with van der Waals surface area (Å²) in [4.78, 5) is 0. The van der Waals surface area contributed by atoms with E-state index >= 15 is 0 Å². The molecule has 0 aliphatic rings. The van der Waals surface area contributed by atoms with Crippen LogP contribution >= 0.6 is 0 Å². The summed E-state index contributed by atoms with van der Waals surface area (Å²) in [7, 11) is 0. The summed E-state index contributed by atoms with van der Waals surface area (Å²) in [6, 6.07) is 11.0. The molecule has 0 unspecified atom stereocenters. The van der Waals surface area contributed by atoms with Gasteiger partial charge in [-0.05, 0) is 37.8 Å². The molecule has 2 nitrogen and oxygen atoms in total. The Bertz CT molecular complexity index is 676. The molecule has 2 heteroatoms. The zero-order valence-electron chi connectivity index (χ0n) is 23.5. The van der Waals surface area contributed by atoms with Crippen LogP contribution in [-0.4, -0.2) is 4.57 Å². The summed E-state index contributed by atoms with van der Waals surface area (Å²) in [5.41, 5.74) is 1.36. The van der Waals surface area contributed by atoms with Crippen LogP contribution in [0.2, 0.25) is 0 Å². The molecular weight excluding hydrogens is 424 g/mol. The maximum atomic E-state index is 2.51. The minimum Gasteiger partial charge on any atom is -0.230 e. The second kappa shape index (κ2) is 20.6. The van der Waals surface area contributed by atoms with Gasteiger partial charge in [-0.2, -0.15) is 0 Å². The molecule has 198 valence electrons. The number of hydrogen-bond donors (Lipinski definition) is 0. The SMILES string of the molecule is CCCCCCCCCCCCn1cc[n+](CCCCCCCCCCCC)c1-c1ccccc1. The van der Waals surface area contributed by atoms with Crippen molar-refractivity contribution in [3.63, 3.8) is 0 Å². The average molecular weight is 482 g/mol. The van der Waals surface area contributed by atoms with Gasteiger partial charge >= 0.3 is 0 Å². The van der Waals surface area contributed by atoms with E-state index in [2.05, 4.69) is 65.7 Å². The summed E-state index contributed by atoms with van der Waals surface area (Å²) < 4.78 is 5.02. The molecule has 0 saturated heterocycles. The zero-order valence-corrected chi connectivity index (χ0v) is 23.5. The molecule has 35 heavy (non-hydrogen) atoms. The highest BCUT2D eigenvalue weighted by atomic mass is 15.1. The molecule has 0 aliphatic carbocycles. The van der Waals surface area contributed by atoms with Crippen molar-refractivity contribution in [1.82, 2.24) is 4.57 Å².